The van der Waals surface area contributed by atoms with Crippen LogP contribution in [0.3, 0.4) is 0 Å². The second kappa shape index (κ2) is 7.74. The Hall–Kier alpha value is -2.27. The van der Waals surface area contributed by atoms with E-state index >= 15 is 0 Å². The van der Waals surface area contributed by atoms with Crippen molar-refractivity contribution in [1.82, 2.24) is 4.57 Å². The summed E-state index contributed by atoms with van der Waals surface area (Å²) in [7, 11) is 2.02. The van der Waals surface area contributed by atoms with Crippen molar-refractivity contribution in [3.05, 3.63) is 64.3 Å². The fourth-order valence-corrected chi connectivity index (χ4v) is 3.65. The maximum Gasteiger partial charge on any atom is 0.310 e. The number of carbonyl (C=O) groups is 1. The van der Waals surface area contributed by atoms with Gasteiger partial charge in [0.1, 0.15) is 12.4 Å². The van der Waals surface area contributed by atoms with E-state index in [0.29, 0.717) is 19.0 Å². The highest BCUT2D eigenvalue weighted by atomic mass is 79.9. The predicted octanol–water partition coefficient (Wildman–Crippen LogP) is 4.63. The van der Waals surface area contributed by atoms with Crippen LogP contribution < -0.4 is 4.74 Å². The highest BCUT2D eigenvalue weighted by molar-refractivity contribution is 9.10. The maximum absolute atomic E-state index is 11.7. The van der Waals surface area contributed by atoms with E-state index < -0.39 is 0 Å². The van der Waals surface area contributed by atoms with Gasteiger partial charge in [-0.2, -0.15) is 0 Å². The highest BCUT2D eigenvalue weighted by Gasteiger charge is 2.11. The van der Waals surface area contributed by atoms with E-state index in [4.69, 9.17) is 9.47 Å². The van der Waals surface area contributed by atoms with Gasteiger partial charge in [0.25, 0.3) is 0 Å². The van der Waals surface area contributed by atoms with Crippen LogP contribution >= 0.6 is 15.9 Å². The van der Waals surface area contributed by atoms with Crippen LogP contribution in [-0.4, -0.2) is 17.1 Å². The quantitative estimate of drug-likeness (QED) is 0.565. The molecule has 25 heavy (non-hydrogen) atoms. The SMILES string of the molecule is CCOC(=O)Cc1ccccc1OCc1cc(Br)c2c(ccn2C)c1. The molecule has 1 aromatic heterocycles. The number of aryl methyl sites for hydroxylation is 1. The molecule has 0 atom stereocenters. The first-order chi connectivity index (χ1) is 12.1. The van der Waals surface area contributed by atoms with Crippen LogP contribution in [0.4, 0.5) is 0 Å². The number of esters is 1. The molecule has 0 N–H and O–H groups in total. The monoisotopic (exact) mass is 401 g/mol. The lowest BCUT2D eigenvalue weighted by atomic mass is 10.1. The zero-order chi connectivity index (χ0) is 17.8. The third kappa shape index (κ3) is 4.04. The van der Waals surface area contributed by atoms with Gasteiger partial charge in [0, 0.05) is 28.7 Å². The summed E-state index contributed by atoms with van der Waals surface area (Å²) in [6, 6.07) is 13.8. The van der Waals surface area contributed by atoms with E-state index in [1.54, 1.807) is 6.92 Å². The van der Waals surface area contributed by atoms with E-state index in [1.807, 2.05) is 37.5 Å². The first-order valence-electron chi connectivity index (χ1n) is 8.18. The molecule has 0 bridgehead atoms. The molecule has 0 amide bonds. The standard InChI is InChI=1S/C20H20BrNO3/c1-3-24-19(23)12-15-6-4-5-7-18(15)25-13-14-10-16-8-9-22(2)20(16)17(21)11-14/h4-11H,3,12-13H2,1-2H3. The number of rotatable bonds is 6. The van der Waals surface area contributed by atoms with Gasteiger partial charge in [0.05, 0.1) is 18.5 Å². The molecular weight excluding hydrogens is 382 g/mol. The molecule has 2 aromatic carbocycles. The smallest absolute Gasteiger partial charge is 0.310 e. The number of para-hydroxylation sites is 1. The summed E-state index contributed by atoms with van der Waals surface area (Å²) >= 11 is 3.63. The summed E-state index contributed by atoms with van der Waals surface area (Å²) in [5.74, 6) is 0.465. The largest absolute Gasteiger partial charge is 0.489 e. The first kappa shape index (κ1) is 17.5. The molecule has 5 heteroatoms. The van der Waals surface area contributed by atoms with Crippen LogP contribution in [0.15, 0.2) is 53.1 Å². The molecule has 4 nitrogen and oxygen atoms in total. The molecule has 1 heterocycles. The van der Waals surface area contributed by atoms with Gasteiger partial charge in [-0.05, 0) is 52.7 Å². The Morgan fingerprint density at radius 1 is 1.20 bits per heavy atom. The highest BCUT2D eigenvalue weighted by Crippen LogP contribution is 2.27. The molecule has 3 aromatic rings. The summed E-state index contributed by atoms with van der Waals surface area (Å²) < 4.78 is 14.1. The first-order valence-corrected chi connectivity index (χ1v) is 8.97. The van der Waals surface area contributed by atoms with Gasteiger partial charge < -0.3 is 14.0 Å². The van der Waals surface area contributed by atoms with E-state index in [2.05, 4.69) is 38.7 Å². The van der Waals surface area contributed by atoms with Crippen LogP contribution in [-0.2, 0) is 29.6 Å². The normalized spacial score (nSPS) is 10.8. The number of aromatic nitrogens is 1. The number of halogens is 1. The zero-order valence-electron chi connectivity index (χ0n) is 14.3. The van der Waals surface area contributed by atoms with E-state index in [-0.39, 0.29) is 12.4 Å². The summed E-state index contributed by atoms with van der Waals surface area (Å²) in [5, 5.41) is 1.16. The molecule has 0 aliphatic carbocycles. The molecule has 0 fully saturated rings. The second-order valence-corrected chi connectivity index (χ2v) is 6.67. The molecule has 3 rings (SSSR count). The number of fused-ring (bicyclic) bond motifs is 1. The minimum Gasteiger partial charge on any atom is -0.489 e. The molecule has 0 radical (unpaired) electrons. The molecule has 0 spiro atoms. The fourth-order valence-electron chi connectivity index (χ4n) is 2.85. The summed E-state index contributed by atoms with van der Waals surface area (Å²) in [4.78, 5) is 11.7. The van der Waals surface area contributed by atoms with E-state index in [1.165, 1.54) is 0 Å². The van der Waals surface area contributed by atoms with Gasteiger partial charge in [-0.1, -0.05) is 18.2 Å². The Labute approximate surface area is 155 Å². The Morgan fingerprint density at radius 2 is 2.00 bits per heavy atom. The number of nitrogens with zero attached hydrogens (tertiary/aromatic N) is 1. The molecule has 130 valence electrons. The number of ether oxygens (including phenoxy) is 2. The van der Waals surface area contributed by atoms with Crippen LogP contribution in [0, 0.1) is 0 Å². The van der Waals surface area contributed by atoms with Crippen LogP contribution in [0.5, 0.6) is 5.75 Å². The zero-order valence-corrected chi connectivity index (χ0v) is 15.9. The van der Waals surface area contributed by atoms with E-state index in [0.717, 1.165) is 26.5 Å². The minimum atomic E-state index is -0.244. The van der Waals surface area contributed by atoms with Crippen molar-refractivity contribution in [2.24, 2.45) is 7.05 Å². The Bertz CT molecular complexity index is 901. The maximum atomic E-state index is 11.7. The van der Waals surface area contributed by atoms with Gasteiger partial charge in [-0.15, -0.1) is 0 Å². The third-order valence-electron chi connectivity index (χ3n) is 3.99. The van der Waals surface area contributed by atoms with Gasteiger partial charge >= 0.3 is 5.97 Å². The van der Waals surface area contributed by atoms with Crippen molar-refractivity contribution in [2.45, 2.75) is 20.0 Å². The number of carbonyl (C=O) groups excluding carboxylic acids is 1. The molecular formula is C20H20BrNO3. The third-order valence-corrected chi connectivity index (χ3v) is 4.59. The van der Waals surface area contributed by atoms with Crippen molar-refractivity contribution in [2.75, 3.05) is 6.61 Å². The van der Waals surface area contributed by atoms with Crippen LogP contribution in [0.2, 0.25) is 0 Å². The van der Waals surface area contributed by atoms with Crippen molar-refractivity contribution in [3.8, 4) is 5.75 Å². The Balaban J connectivity index is 1.77. The van der Waals surface area contributed by atoms with Gasteiger partial charge in [-0.3, -0.25) is 4.79 Å². The van der Waals surface area contributed by atoms with Crippen molar-refractivity contribution in [1.29, 1.82) is 0 Å². The van der Waals surface area contributed by atoms with Crippen LogP contribution in [0.25, 0.3) is 10.9 Å². The molecule has 0 unspecified atom stereocenters. The molecule has 0 aliphatic rings. The van der Waals surface area contributed by atoms with Crippen molar-refractivity contribution >= 4 is 32.8 Å². The average molecular weight is 402 g/mol. The van der Waals surface area contributed by atoms with Crippen LogP contribution in [0.1, 0.15) is 18.1 Å². The lowest BCUT2D eigenvalue weighted by molar-refractivity contribution is -0.142. The van der Waals surface area contributed by atoms with Gasteiger partial charge in [0.2, 0.25) is 0 Å². The lowest BCUT2D eigenvalue weighted by Gasteiger charge is -2.12. The number of benzene rings is 2. The average Bonchev–Trinajstić information content (AvgIpc) is 2.96. The van der Waals surface area contributed by atoms with Crippen molar-refractivity contribution in [3.63, 3.8) is 0 Å². The molecule has 0 saturated carbocycles. The van der Waals surface area contributed by atoms with E-state index in [9.17, 15) is 4.79 Å². The van der Waals surface area contributed by atoms with Crippen molar-refractivity contribution < 1.29 is 14.3 Å². The topological polar surface area (TPSA) is 40.5 Å². The van der Waals surface area contributed by atoms with Gasteiger partial charge in [0.15, 0.2) is 0 Å². The molecule has 0 saturated heterocycles. The lowest BCUT2D eigenvalue weighted by Crippen LogP contribution is -2.09. The number of hydrogen-bond acceptors (Lipinski definition) is 3. The summed E-state index contributed by atoms with van der Waals surface area (Å²) in [5.41, 5.74) is 3.06. The Kier molecular flexibility index (Phi) is 5.43. The fraction of sp³-hybridized carbons (Fsp3) is 0.250. The summed E-state index contributed by atoms with van der Waals surface area (Å²) in [6.07, 6.45) is 2.25. The molecule has 0 aliphatic heterocycles. The summed E-state index contributed by atoms with van der Waals surface area (Å²) in [6.45, 7) is 2.62. The Morgan fingerprint density at radius 3 is 2.80 bits per heavy atom. The number of hydrogen-bond donors (Lipinski definition) is 0. The minimum absolute atomic E-state index is 0.214. The van der Waals surface area contributed by atoms with Gasteiger partial charge in [-0.25, -0.2) is 0 Å². The predicted molar refractivity (Wildman–Crippen MR) is 102 cm³/mol. The second-order valence-electron chi connectivity index (χ2n) is 5.82.